The molecule has 0 radical (unpaired) electrons. The summed E-state index contributed by atoms with van der Waals surface area (Å²) in [5, 5.41) is 0. The van der Waals surface area contributed by atoms with Crippen molar-refractivity contribution in [2.24, 2.45) is 0 Å². The Morgan fingerprint density at radius 1 is 1.13 bits per heavy atom. The second-order valence-corrected chi connectivity index (χ2v) is 3.57. The van der Waals surface area contributed by atoms with E-state index in [9.17, 15) is 0 Å². The lowest BCUT2D eigenvalue weighted by molar-refractivity contribution is 0.0715. The van der Waals surface area contributed by atoms with Crippen molar-refractivity contribution in [1.82, 2.24) is 4.98 Å². The molecule has 1 aliphatic heterocycles. The third-order valence-corrected chi connectivity index (χ3v) is 2.79. The molecule has 4 nitrogen and oxygen atoms in total. The molecule has 1 fully saturated rings. The first kappa shape index (κ1) is 10.4. The van der Waals surface area contributed by atoms with E-state index in [2.05, 4.69) is 9.88 Å². The maximum atomic E-state index is 5.44. The molecule has 0 aliphatic carbocycles. The fourth-order valence-corrected chi connectivity index (χ4v) is 2.06. The number of rotatable bonds is 3. The van der Waals surface area contributed by atoms with Gasteiger partial charge in [-0.1, -0.05) is 0 Å². The molecule has 0 bridgehead atoms. The molecule has 4 heteroatoms. The van der Waals surface area contributed by atoms with Crippen LogP contribution in [0.1, 0.15) is 12.8 Å². The van der Waals surface area contributed by atoms with Gasteiger partial charge in [-0.2, -0.15) is 0 Å². The molecule has 2 rings (SSSR count). The highest BCUT2D eigenvalue weighted by molar-refractivity contribution is 5.46. The molecule has 1 aromatic heterocycles. The minimum absolute atomic E-state index is 0.109. The van der Waals surface area contributed by atoms with Crippen molar-refractivity contribution < 1.29 is 9.47 Å². The molecule has 0 aromatic carbocycles. The minimum Gasteiger partial charge on any atom is -0.362 e. The van der Waals surface area contributed by atoms with Crippen LogP contribution >= 0.6 is 0 Å². The van der Waals surface area contributed by atoms with Gasteiger partial charge in [-0.15, -0.1) is 0 Å². The summed E-state index contributed by atoms with van der Waals surface area (Å²) >= 11 is 0. The lowest BCUT2D eigenvalue weighted by Gasteiger charge is -2.30. The standard InChI is InChI=1S/C11H16N2O2/c1-14-10-3-4-11(15-2)13(10)9-5-7-12-8-6-9/h5-8,10-11H,3-4H2,1-2H3/t10-,11-/m1/s1. The summed E-state index contributed by atoms with van der Waals surface area (Å²) in [6.45, 7) is 0. The maximum absolute atomic E-state index is 5.44. The van der Waals surface area contributed by atoms with E-state index >= 15 is 0 Å². The van der Waals surface area contributed by atoms with Gasteiger partial charge in [0.25, 0.3) is 0 Å². The second kappa shape index (κ2) is 4.59. The van der Waals surface area contributed by atoms with Gasteiger partial charge in [0.1, 0.15) is 12.5 Å². The molecule has 0 unspecified atom stereocenters. The Morgan fingerprint density at radius 3 is 2.13 bits per heavy atom. The van der Waals surface area contributed by atoms with Crippen molar-refractivity contribution in [1.29, 1.82) is 0 Å². The van der Waals surface area contributed by atoms with Gasteiger partial charge in [-0.25, -0.2) is 0 Å². The van der Waals surface area contributed by atoms with Crippen molar-refractivity contribution in [3.63, 3.8) is 0 Å². The molecular formula is C11H16N2O2. The Kier molecular flexibility index (Phi) is 3.18. The van der Waals surface area contributed by atoms with Gasteiger partial charge >= 0.3 is 0 Å². The van der Waals surface area contributed by atoms with E-state index in [1.165, 1.54) is 0 Å². The molecule has 0 amide bonds. The van der Waals surface area contributed by atoms with E-state index in [0.717, 1.165) is 18.5 Å². The molecule has 1 aromatic rings. The summed E-state index contributed by atoms with van der Waals surface area (Å²) in [6.07, 6.45) is 5.78. The lowest BCUT2D eigenvalue weighted by atomic mass is 10.3. The van der Waals surface area contributed by atoms with Crippen LogP contribution in [0.4, 0.5) is 5.69 Å². The zero-order chi connectivity index (χ0) is 10.7. The number of methoxy groups -OCH3 is 2. The van der Waals surface area contributed by atoms with E-state index < -0.39 is 0 Å². The van der Waals surface area contributed by atoms with Crippen LogP contribution in [0.25, 0.3) is 0 Å². The number of ether oxygens (including phenoxy) is 2. The van der Waals surface area contributed by atoms with E-state index in [0.29, 0.717) is 0 Å². The summed E-state index contributed by atoms with van der Waals surface area (Å²) in [5.41, 5.74) is 1.10. The van der Waals surface area contributed by atoms with Crippen molar-refractivity contribution in [3.05, 3.63) is 24.5 Å². The van der Waals surface area contributed by atoms with Crippen LogP contribution in [-0.2, 0) is 9.47 Å². The van der Waals surface area contributed by atoms with E-state index in [4.69, 9.17) is 9.47 Å². The highest BCUT2D eigenvalue weighted by Gasteiger charge is 2.33. The molecule has 82 valence electrons. The van der Waals surface area contributed by atoms with Crippen LogP contribution in [0.5, 0.6) is 0 Å². The number of pyridine rings is 1. The van der Waals surface area contributed by atoms with Gasteiger partial charge in [0.05, 0.1) is 0 Å². The molecular weight excluding hydrogens is 192 g/mol. The Hall–Kier alpha value is -1.13. The van der Waals surface area contributed by atoms with Crippen LogP contribution < -0.4 is 4.90 Å². The van der Waals surface area contributed by atoms with Crippen LogP contribution in [0.2, 0.25) is 0 Å². The van der Waals surface area contributed by atoms with Crippen LogP contribution in [0.3, 0.4) is 0 Å². The SMILES string of the molecule is CO[C@@H]1CC[C@@H](OC)N1c1ccncc1. The van der Waals surface area contributed by atoms with Crippen molar-refractivity contribution in [2.75, 3.05) is 19.1 Å². The molecule has 1 saturated heterocycles. The van der Waals surface area contributed by atoms with Crippen LogP contribution in [0.15, 0.2) is 24.5 Å². The molecule has 2 atom stereocenters. The molecule has 15 heavy (non-hydrogen) atoms. The van der Waals surface area contributed by atoms with Crippen molar-refractivity contribution >= 4 is 5.69 Å². The number of aromatic nitrogens is 1. The zero-order valence-electron chi connectivity index (χ0n) is 9.09. The quantitative estimate of drug-likeness (QED) is 0.756. The first-order chi connectivity index (χ1) is 7.36. The number of nitrogens with zero attached hydrogens (tertiary/aromatic N) is 2. The number of hydrogen-bond acceptors (Lipinski definition) is 4. The first-order valence-corrected chi connectivity index (χ1v) is 5.10. The lowest BCUT2D eigenvalue weighted by Crippen LogP contribution is -2.38. The topological polar surface area (TPSA) is 34.6 Å². The molecule has 0 N–H and O–H groups in total. The summed E-state index contributed by atoms with van der Waals surface area (Å²) in [6, 6.07) is 3.95. The molecule has 0 spiro atoms. The largest absolute Gasteiger partial charge is 0.362 e. The zero-order valence-corrected chi connectivity index (χ0v) is 9.09. The predicted molar refractivity (Wildman–Crippen MR) is 57.5 cm³/mol. The Balaban J connectivity index is 2.23. The Labute approximate surface area is 89.8 Å². The molecule has 1 aliphatic rings. The van der Waals surface area contributed by atoms with E-state index in [1.807, 2.05) is 12.1 Å². The van der Waals surface area contributed by atoms with Crippen LogP contribution in [0, 0.1) is 0 Å². The van der Waals surface area contributed by atoms with Gasteiger partial charge in [0.15, 0.2) is 0 Å². The first-order valence-electron chi connectivity index (χ1n) is 5.10. The third-order valence-electron chi connectivity index (χ3n) is 2.79. The number of hydrogen-bond donors (Lipinski definition) is 0. The number of anilines is 1. The highest BCUT2D eigenvalue weighted by atomic mass is 16.5. The highest BCUT2D eigenvalue weighted by Crippen LogP contribution is 2.30. The second-order valence-electron chi connectivity index (χ2n) is 3.57. The van der Waals surface area contributed by atoms with Crippen LogP contribution in [-0.4, -0.2) is 31.7 Å². The monoisotopic (exact) mass is 208 g/mol. The third kappa shape index (κ3) is 1.96. The molecule has 0 saturated carbocycles. The average molecular weight is 208 g/mol. The maximum Gasteiger partial charge on any atom is 0.131 e. The average Bonchev–Trinajstić information content (AvgIpc) is 2.72. The minimum atomic E-state index is 0.109. The summed E-state index contributed by atoms with van der Waals surface area (Å²) in [7, 11) is 3.47. The van der Waals surface area contributed by atoms with Crippen molar-refractivity contribution in [3.8, 4) is 0 Å². The van der Waals surface area contributed by atoms with Gasteiger partial charge in [0.2, 0.25) is 0 Å². The Morgan fingerprint density at radius 2 is 1.67 bits per heavy atom. The normalized spacial score (nSPS) is 25.9. The van der Waals surface area contributed by atoms with E-state index in [-0.39, 0.29) is 12.5 Å². The van der Waals surface area contributed by atoms with Gasteiger partial charge in [-0.05, 0) is 25.0 Å². The van der Waals surface area contributed by atoms with Gasteiger partial charge < -0.3 is 14.4 Å². The van der Waals surface area contributed by atoms with E-state index in [1.54, 1.807) is 26.6 Å². The summed E-state index contributed by atoms with van der Waals surface area (Å²) in [4.78, 5) is 6.16. The fraction of sp³-hybridized carbons (Fsp3) is 0.545. The van der Waals surface area contributed by atoms with Gasteiger partial charge in [-0.3, -0.25) is 4.98 Å². The Bertz CT molecular complexity index is 293. The van der Waals surface area contributed by atoms with Gasteiger partial charge in [0, 0.05) is 32.3 Å². The molecule has 2 heterocycles. The predicted octanol–water partition coefficient (Wildman–Crippen LogP) is 1.63. The smallest absolute Gasteiger partial charge is 0.131 e. The summed E-state index contributed by atoms with van der Waals surface area (Å²) in [5.74, 6) is 0. The fourth-order valence-electron chi connectivity index (χ4n) is 2.06. The van der Waals surface area contributed by atoms with Crippen molar-refractivity contribution in [2.45, 2.75) is 25.3 Å². The summed E-state index contributed by atoms with van der Waals surface area (Å²) < 4.78 is 10.9.